The van der Waals surface area contributed by atoms with Crippen LogP contribution in [-0.2, 0) is 0 Å². The number of benzene rings is 1. The fourth-order valence-electron chi connectivity index (χ4n) is 1.23. The van der Waals surface area contributed by atoms with E-state index < -0.39 is 0 Å². The molecule has 0 bridgehead atoms. The lowest BCUT2D eigenvalue weighted by molar-refractivity contribution is 0.277. The first-order valence-corrected chi connectivity index (χ1v) is 5.10. The summed E-state index contributed by atoms with van der Waals surface area (Å²) in [5, 5.41) is 9.51. The molecule has 2 rings (SSSR count). The van der Waals surface area contributed by atoms with Gasteiger partial charge in [0.25, 0.3) is 0 Å². The molecule has 1 N–H and O–H groups in total. The predicted octanol–water partition coefficient (Wildman–Crippen LogP) is 2.16. The third kappa shape index (κ3) is 1.82. The molecule has 1 aromatic rings. The Balaban J connectivity index is 1.89. The minimum Gasteiger partial charge on any atom is -0.396 e. The molecule has 1 aliphatic rings. The zero-order chi connectivity index (χ0) is 8.39. The van der Waals surface area contributed by atoms with E-state index in [4.69, 9.17) is 5.11 Å². The van der Waals surface area contributed by atoms with Crippen molar-refractivity contribution in [3.63, 3.8) is 0 Å². The lowest BCUT2D eigenvalue weighted by Gasteiger charge is -1.97. The van der Waals surface area contributed by atoms with Crippen molar-refractivity contribution < 1.29 is 5.11 Å². The smallest absolute Gasteiger partial charge is 0.0470 e. The normalized spacial score (nSPS) is 27.1. The van der Waals surface area contributed by atoms with Crippen LogP contribution >= 0.6 is 11.8 Å². The SMILES string of the molecule is OC[C@H]1C[C@H]1Sc1ccccc1. The molecule has 0 aromatic heterocycles. The lowest BCUT2D eigenvalue weighted by atomic mass is 10.4. The van der Waals surface area contributed by atoms with Crippen LogP contribution < -0.4 is 0 Å². The van der Waals surface area contributed by atoms with Crippen LogP contribution in [0.25, 0.3) is 0 Å². The van der Waals surface area contributed by atoms with E-state index >= 15 is 0 Å². The molecule has 12 heavy (non-hydrogen) atoms. The van der Waals surface area contributed by atoms with Crippen molar-refractivity contribution >= 4 is 11.8 Å². The summed E-state index contributed by atoms with van der Waals surface area (Å²) in [6.45, 7) is 0.352. The first-order valence-electron chi connectivity index (χ1n) is 4.22. The molecule has 1 fully saturated rings. The summed E-state index contributed by atoms with van der Waals surface area (Å²) < 4.78 is 0. The maximum absolute atomic E-state index is 8.84. The molecular formula is C10H12OS. The van der Waals surface area contributed by atoms with Crippen LogP contribution in [-0.4, -0.2) is 17.0 Å². The van der Waals surface area contributed by atoms with Crippen LogP contribution in [0.5, 0.6) is 0 Å². The van der Waals surface area contributed by atoms with Crippen molar-refractivity contribution in [2.24, 2.45) is 5.92 Å². The highest BCUT2D eigenvalue weighted by atomic mass is 32.2. The maximum Gasteiger partial charge on any atom is 0.0470 e. The molecule has 1 nitrogen and oxygen atoms in total. The average molecular weight is 180 g/mol. The maximum atomic E-state index is 8.84. The van der Waals surface area contributed by atoms with Gasteiger partial charge in [0.2, 0.25) is 0 Å². The van der Waals surface area contributed by atoms with Gasteiger partial charge in [0.15, 0.2) is 0 Å². The van der Waals surface area contributed by atoms with Crippen LogP contribution in [0.2, 0.25) is 0 Å². The highest BCUT2D eigenvalue weighted by Crippen LogP contribution is 2.44. The van der Waals surface area contributed by atoms with E-state index in [0.717, 1.165) is 0 Å². The van der Waals surface area contributed by atoms with Gasteiger partial charge >= 0.3 is 0 Å². The van der Waals surface area contributed by atoms with Gasteiger partial charge in [-0.2, -0.15) is 0 Å². The Labute approximate surface area is 76.8 Å². The van der Waals surface area contributed by atoms with E-state index in [-0.39, 0.29) is 0 Å². The van der Waals surface area contributed by atoms with Gasteiger partial charge in [-0.15, -0.1) is 11.8 Å². The zero-order valence-electron chi connectivity index (χ0n) is 6.81. The monoisotopic (exact) mass is 180 g/mol. The Kier molecular flexibility index (Phi) is 2.38. The zero-order valence-corrected chi connectivity index (χ0v) is 7.63. The molecule has 0 radical (unpaired) electrons. The summed E-state index contributed by atoms with van der Waals surface area (Å²) in [5.74, 6) is 0.551. The minimum atomic E-state index is 0.352. The van der Waals surface area contributed by atoms with Crippen LogP contribution in [0.1, 0.15) is 6.42 Å². The number of aliphatic hydroxyl groups is 1. The Bertz CT molecular complexity index is 247. The van der Waals surface area contributed by atoms with Gasteiger partial charge in [-0.05, 0) is 24.5 Å². The first kappa shape index (κ1) is 8.14. The van der Waals surface area contributed by atoms with E-state index in [2.05, 4.69) is 24.3 Å². The number of hydrogen-bond acceptors (Lipinski definition) is 2. The van der Waals surface area contributed by atoms with Crippen LogP contribution in [0.4, 0.5) is 0 Å². The van der Waals surface area contributed by atoms with Crippen molar-refractivity contribution in [1.82, 2.24) is 0 Å². The molecule has 0 saturated heterocycles. The molecular weight excluding hydrogens is 168 g/mol. The number of thioether (sulfide) groups is 1. The molecule has 1 aliphatic carbocycles. The van der Waals surface area contributed by atoms with E-state index in [1.54, 1.807) is 0 Å². The van der Waals surface area contributed by atoms with Crippen LogP contribution in [0.15, 0.2) is 35.2 Å². The average Bonchev–Trinajstić information content (AvgIpc) is 2.85. The summed E-state index contributed by atoms with van der Waals surface area (Å²) in [6, 6.07) is 10.4. The first-order chi connectivity index (χ1) is 5.90. The molecule has 2 atom stereocenters. The quantitative estimate of drug-likeness (QED) is 0.769. The van der Waals surface area contributed by atoms with Gasteiger partial charge in [0.05, 0.1) is 0 Å². The van der Waals surface area contributed by atoms with E-state index in [1.807, 2.05) is 17.8 Å². The van der Waals surface area contributed by atoms with Crippen molar-refractivity contribution in [1.29, 1.82) is 0 Å². The second-order valence-electron chi connectivity index (χ2n) is 3.15. The van der Waals surface area contributed by atoms with Crippen molar-refractivity contribution in [2.45, 2.75) is 16.6 Å². The van der Waals surface area contributed by atoms with Gasteiger partial charge in [0, 0.05) is 16.8 Å². The van der Waals surface area contributed by atoms with Gasteiger partial charge < -0.3 is 5.11 Å². The Morgan fingerprint density at radius 3 is 2.67 bits per heavy atom. The summed E-state index contributed by atoms with van der Waals surface area (Å²) in [5.41, 5.74) is 0. The van der Waals surface area contributed by atoms with Crippen molar-refractivity contribution in [3.8, 4) is 0 Å². The second kappa shape index (κ2) is 3.50. The molecule has 2 heteroatoms. The van der Waals surface area contributed by atoms with E-state index in [9.17, 15) is 0 Å². The number of aliphatic hydroxyl groups excluding tert-OH is 1. The minimum absolute atomic E-state index is 0.352. The molecule has 1 aromatic carbocycles. The van der Waals surface area contributed by atoms with E-state index in [1.165, 1.54) is 11.3 Å². The topological polar surface area (TPSA) is 20.2 Å². The highest BCUT2D eigenvalue weighted by molar-refractivity contribution is 8.00. The highest BCUT2D eigenvalue weighted by Gasteiger charge is 2.36. The fourth-order valence-corrected chi connectivity index (χ4v) is 2.52. The van der Waals surface area contributed by atoms with Crippen LogP contribution in [0, 0.1) is 5.92 Å². The molecule has 64 valence electrons. The van der Waals surface area contributed by atoms with Crippen LogP contribution in [0.3, 0.4) is 0 Å². The third-order valence-electron chi connectivity index (χ3n) is 2.12. The predicted molar refractivity (Wildman–Crippen MR) is 51.3 cm³/mol. The van der Waals surface area contributed by atoms with Crippen molar-refractivity contribution in [2.75, 3.05) is 6.61 Å². The largest absolute Gasteiger partial charge is 0.396 e. The van der Waals surface area contributed by atoms with Gasteiger partial charge in [-0.1, -0.05) is 18.2 Å². The second-order valence-corrected chi connectivity index (χ2v) is 4.46. The summed E-state index contributed by atoms with van der Waals surface area (Å²) >= 11 is 1.88. The van der Waals surface area contributed by atoms with Gasteiger partial charge in [-0.3, -0.25) is 0 Å². The number of hydrogen-bond donors (Lipinski definition) is 1. The van der Waals surface area contributed by atoms with Gasteiger partial charge in [0.1, 0.15) is 0 Å². The Hall–Kier alpha value is -0.470. The molecule has 0 spiro atoms. The summed E-state index contributed by atoms with van der Waals surface area (Å²) in [6.07, 6.45) is 1.18. The molecule has 1 saturated carbocycles. The fraction of sp³-hybridized carbons (Fsp3) is 0.400. The Morgan fingerprint density at radius 1 is 1.33 bits per heavy atom. The van der Waals surface area contributed by atoms with Gasteiger partial charge in [-0.25, -0.2) is 0 Å². The summed E-state index contributed by atoms with van der Waals surface area (Å²) in [7, 11) is 0. The molecule has 0 aliphatic heterocycles. The number of rotatable bonds is 3. The van der Waals surface area contributed by atoms with E-state index in [0.29, 0.717) is 17.8 Å². The Morgan fingerprint density at radius 2 is 2.08 bits per heavy atom. The molecule has 0 unspecified atom stereocenters. The van der Waals surface area contributed by atoms with Crippen molar-refractivity contribution in [3.05, 3.63) is 30.3 Å². The molecule has 0 heterocycles. The third-order valence-corrected chi connectivity index (χ3v) is 3.55. The molecule has 0 amide bonds. The standard InChI is InChI=1S/C10H12OS/c11-7-8-6-10(8)12-9-4-2-1-3-5-9/h1-5,8,10-11H,6-7H2/t8-,10-/m1/s1. The lowest BCUT2D eigenvalue weighted by Crippen LogP contribution is -1.88. The summed E-state index contributed by atoms with van der Waals surface area (Å²) in [4.78, 5) is 1.32.